The van der Waals surface area contributed by atoms with Gasteiger partial charge in [0.05, 0.1) is 10.9 Å². The summed E-state index contributed by atoms with van der Waals surface area (Å²) < 4.78 is 14.3. The Bertz CT molecular complexity index is 885. The Kier molecular flexibility index (Phi) is 4.93. The van der Waals surface area contributed by atoms with E-state index in [9.17, 15) is 9.18 Å². The number of benzene rings is 2. The number of hydrogen-bond acceptors (Lipinski definition) is 2. The topological polar surface area (TPSA) is 44.9 Å². The number of ketones is 1. The summed E-state index contributed by atoms with van der Waals surface area (Å²) >= 11 is 0. The molecule has 0 amide bonds. The van der Waals surface area contributed by atoms with Crippen LogP contribution in [0.3, 0.4) is 0 Å². The Morgan fingerprint density at radius 2 is 1.96 bits per heavy atom. The van der Waals surface area contributed by atoms with E-state index in [1.165, 1.54) is 6.07 Å². The normalized spacial score (nSPS) is 19.7. The van der Waals surface area contributed by atoms with Gasteiger partial charge < -0.3 is 10.3 Å². The molecule has 1 aliphatic rings. The molecule has 0 spiro atoms. The van der Waals surface area contributed by atoms with E-state index in [2.05, 4.69) is 10.3 Å². The van der Waals surface area contributed by atoms with E-state index >= 15 is 0 Å². The van der Waals surface area contributed by atoms with Crippen molar-refractivity contribution in [2.75, 3.05) is 13.1 Å². The summed E-state index contributed by atoms with van der Waals surface area (Å²) in [6.07, 6.45) is 3.14. The van der Waals surface area contributed by atoms with Gasteiger partial charge in [0.1, 0.15) is 5.82 Å². The highest BCUT2D eigenvalue weighted by atomic mass is 35.5. The molecule has 5 heteroatoms. The minimum atomic E-state index is -0.502. The maximum Gasteiger partial charge on any atom is 0.170 e. The molecule has 0 radical (unpaired) electrons. The number of nitrogens with one attached hydrogen (secondary N) is 2. The summed E-state index contributed by atoms with van der Waals surface area (Å²) in [5.41, 5.74) is 1.54. The molecule has 1 aromatic heterocycles. The van der Waals surface area contributed by atoms with Gasteiger partial charge in [-0.2, -0.15) is 0 Å². The van der Waals surface area contributed by atoms with Crippen LogP contribution in [0.25, 0.3) is 10.9 Å². The van der Waals surface area contributed by atoms with Crippen LogP contribution >= 0.6 is 12.4 Å². The van der Waals surface area contributed by atoms with E-state index in [-0.39, 0.29) is 24.0 Å². The second kappa shape index (κ2) is 6.98. The third-order valence-electron chi connectivity index (χ3n) is 4.98. The molecule has 1 saturated heterocycles. The molecule has 1 atom stereocenters. The number of hydrogen-bond donors (Lipinski definition) is 2. The standard InChI is InChI=1S/C20H19FN2O.ClH/c21-17-11-16(10-15-6-8-23-18(15)17)19(24)20(7-9-22-13-20)12-14-4-2-1-3-5-14;/h1-6,8,10-11,22-23H,7,9,12-13H2;1H. The lowest BCUT2D eigenvalue weighted by Crippen LogP contribution is -2.36. The molecule has 1 aliphatic heterocycles. The molecule has 4 rings (SSSR count). The lowest BCUT2D eigenvalue weighted by Gasteiger charge is -2.27. The lowest BCUT2D eigenvalue weighted by atomic mass is 9.74. The molecule has 2 heterocycles. The van der Waals surface area contributed by atoms with Crippen molar-refractivity contribution in [3.8, 4) is 0 Å². The van der Waals surface area contributed by atoms with Crippen LogP contribution in [0.1, 0.15) is 22.3 Å². The van der Waals surface area contributed by atoms with E-state index in [1.807, 2.05) is 30.3 Å². The molecule has 2 N–H and O–H groups in total. The van der Waals surface area contributed by atoms with Crippen LogP contribution in [0.4, 0.5) is 4.39 Å². The monoisotopic (exact) mass is 358 g/mol. The van der Waals surface area contributed by atoms with Crippen molar-refractivity contribution in [1.82, 2.24) is 10.3 Å². The van der Waals surface area contributed by atoms with Gasteiger partial charge in [0, 0.05) is 23.7 Å². The summed E-state index contributed by atoms with van der Waals surface area (Å²) in [5, 5.41) is 4.05. The van der Waals surface area contributed by atoms with Crippen LogP contribution in [-0.2, 0) is 6.42 Å². The SMILES string of the molecule is Cl.O=C(c1cc(F)c2[nH]ccc2c1)C1(Cc2ccccc2)CCNC1. The molecule has 1 fully saturated rings. The van der Waals surface area contributed by atoms with Crippen LogP contribution in [0.5, 0.6) is 0 Å². The van der Waals surface area contributed by atoms with Crippen molar-refractivity contribution in [2.24, 2.45) is 5.41 Å². The van der Waals surface area contributed by atoms with Crippen LogP contribution < -0.4 is 5.32 Å². The Morgan fingerprint density at radius 3 is 2.68 bits per heavy atom. The second-order valence-corrected chi connectivity index (χ2v) is 6.60. The number of carbonyl (C=O) groups excluding carboxylic acids is 1. The molecule has 3 nitrogen and oxygen atoms in total. The fourth-order valence-corrected chi connectivity index (χ4v) is 3.72. The Labute approximate surface area is 152 Å². The highest BCUT2D eigenvalue weighted by Gasteiger charge is 2.41. The van der Waals surface area contributed by atoms with Gasteiger partial charge in [0.15, 0.2) is 5.78 Å². The summed E-state index contributed by atoms with van der Waals surface area (Å²) in [6.45, 7) is 1.45. The number of aromatic nitrogens is 1. The minimum absolute atomic E-state index is 0. The van der Waals surface area contributed by atoms with Crippen molar-refractivity contribution < 1.29 is 9.18 Å². The average molecular weight is 359 g/mol. The van der Waals surface area contributed by atoms with Crippen molar-refractivity contribution in [3.05, 3.63) is 71.7 Å². The van der Waals surface area contributed by atoms with Crippen molar-refractivity contribution >= 4 is 29.1 Å². The number of rotatable bonds is 4. The molecule has 0 bridgehead atoms. The number of fused-ring (bicyclic) bond motifs is 1. The molecule has 130 valence electrons. The molecule has 25 heavy (non-hydrogen) atoms. The van der Waals surface area contributed by atoms with Crippen molar-refractivity contribution in [3.63, 3.8) is 0 Å². The van der Waals surface area contributed by atoms with Gasteiger partial charge >= 0.3 is 0 Å². The molecule has 2 aromatic carbocycles. The quantitative estimate of drug-likeness (QED) is 0.689. The zero-order chi connectivity index (χ0) is 16.6. The Balaban J connectivity index is 0.00000182. The van der Waals surface area contributed by atoms with E-state index in [1.54, 1.807) is 18.3 Å². The minimum Gasteiger partial charge on any atom is -0.359 e. The molecule has 0 saturated carbocycles. The van der Waals surface area contributed by atoms with Gasteiger partial charge in [-0.15, -0.1) is 12.4 Å². The van der Waals surface area contributed by atoms with Gasteiger partial charge in [-0.3, -0.25) is 4.79 Å². The number of aromatic amines is 1. The fourth-order valence-electron chi connectivity index (χ4n) is 3.72. The Hall–Kier alpha value is -2.17. The summed E-state index contributed by atoms with van der Waals surface area (Å²) in [5.74, 6) is -0.347. The summed E-state index contributed by atoms with van der Waals surface area (Å²) in [6, 6.07) is 15.0. The second-order valence-electron chi connectivity index (χ2n) is 6.60. The summed E-state index contributed by atoms with van der Waals surface area (Å²) in [7, 11) is 0. The molecular weight excluding hydrogens is 339 g/mol. The predicted molar refractivity (Wildman–Crippen MR) is 99.9 cm³/mol. The number of carbonyl (C=O) groups is 1. The number of Topliss-reactive ketones (excluding diaryl/α,β-unsaturated/α-hetero) is 1. The fraction of sp³-hybridized carbons (Fsp3) is 0.250. The first-order chi connectivity index (χ1) is 11.7. The van der Waals surface area contributed by atoms with E-state index in [0.29, 0.717) is 24.0 Å². The van der Waals surface area contributed by atoms with Gasteiger partial charge in [-0.05, 0) is 43.1 Å². The van der Waals surface area contributed by atoms with Gasteiger partial charge in [0.25, 0.3) is 0 Å². The zero-order valence-electron chi connectivity index (χ0n) is 13.7. The Morgan fingerprint density at radius 1 is 1.16 bits per heavy atom. The molecular formula is C20H20ClFN2O. The van der Waals surface area contributed by atoms with Gasteiger partial charge in [-0.1, -0.05) is 30.3 Å². The predicted octanol–water partition coefficient (Wildman–Crippen LogP) is 4.13. The number of H-pyrrole nitrogens is 1. The van der Waals surface area contributed by atoms with Crippen LogP contribution in [0, 0.1) is 11.2 Å². The van der Waals surface area contributed by atoms with Gasteiger partial charge in [-0.25, -0.2) is 4.39 Å². The highest BCUT2D eigenvalue weighted by molar-refractivity contribution is 6.03. The first kappa shape index (κ1) is 17.6. The van der Waals surface area contributed by atoms with Crippen LogP contribution in [0.2, 0.25) is 0 Å². The number of halogens is 2. The lowest BCUT2D eigenvalue weighted by molar-refractivity contribution is 0.0815. The largest absolute Gasteiger partial charge is 0.359 e. The molecule has 1 unspecified atom stereocenters. The first-order valence-electron chi connectivity index (χ1n) is 8.24. The maximum absolute atomic E-state index is 14.3. The van der Waals surface area contributed by atoms with E-state index in [0.717, 1.165) is 23.9 Å². The molecule has 3 aromatic rings. The van der Waals surface area contributed by atoms with Crippen LogP contribution in [0.15, 0.2) is 54.7 Å². The van der Waals surface area contributed by atoms with E-state index in [4.69, 9.17) is 0 Å². The highest BCUT2D eigenvalue weighted by Crippen LogP contribution is 2.35. The van der Waals surface area contributed by atoms with Crippen molar-refractivity contribution in [2.45, 2.75) is 12.8 Å². The first-order valence-corrected chi connectivity index (χ1v) is 8.24. The maximum atomic E-state index is 14.3. The zero-order valence-corrected chi connectivity index (χ0v) is 14.5. The average Bonchev–Trinajstić information content (AvgIpc) is 3.25. The van der Waals surface area contributed by atoms with Crippen molar-refractivity contribution in [1.29, 1.82) is 0 Å². The van der Waals surface area contributed by atoms with Crippen LogP contribution in [-0.4, -0.2) is 23.9 Å². The third-order valence-corrected chi connectivity index (χ3v) is 4.98. The smallest absolute Gasteiger partial charge is 0.170 e. The third kappa shape index (κ3) is 3.20. The van der Waals surface area contributed by atoms with Gasteiger partial charge in [0.2, 0.25) is 0 Å². The summed E-state index contributed by atoms with van der Waals surface area (Å²) in [4.78, 5) is 16.1. The molecule has 0 aliphatic carbocycles. The van der Waals surface area contributed by atoms with E-state index < -0.39 is 5.41 Å².